The summed E-state index contributed by atoms with van der Waals surface area (Å²) in [6.07, 6.45) is 8.44. The Kier molecular flexibility index (Phi) is 8.78. The molecule has 0 aliphatic carbocycles. The Bertz CT molecular complexity index is 1020. The maximum absolute atomic E-state index is 6.10. The lowest BCUT2D eigenvalue weighted by atomic mass is 10.1. The van der Waals surface area contributed by atoms with E-state index in [0.29, 0.717) is 19.8 Å². The van der Waals surface area contributed by atoms with Gasteiger partial charge in [-0.15, -0.1) is 0 Å². The molecule has 0 spiro atoms. The van der Waals surface area contributed by atoms with Crippen LogP contribution >= 0.6 is 0 Å². The van der Waals surface area contributed by atoms with Gasteiger partial charge in [0.2, 0.25) is 0 Å². The van der Waals surface area contributed by atoms with E-state index >= 15 is 0 Å². The van der Waals surface area contributed by atoms with Crippen molar-refractivity contribution >= 4 is 5.69 Å². The lowest BCUT2D eigenvalue weighted by Gasteiger charge is -2.19. The van der Waals surface area contributed by atoms with Gasteiger partial charge < -0.3 is 19.6 Å². The third-order valence-corrected chi connectivity index (χ3v) is 5.86. The first-order valence-electron chi connectivity index (χ1n) is 11.9. The Hall–Kier alpha value is -3.07. The van der Waals surface area contributed by atoms with Crippen LogP contribution in [0.3, 0.4) is 0 Å². The van der Waals surface area contributed by atoms with Crippen molar-refractivity contribution in [1.82, 2.24) is 20.0 Å². The Labute approximate surface area is 201 Å². The van der Waals surface area contributed by atoms with Gasteiger partial charge in [0, 0.05) is 37.1 Å². The molecule has 3 N–H and O–H groups in total. The summed E-state index contributed by atoms with van der Waals surface area (Å²) in [5.74, 6) is 2.46. The van der Waals surface area contributed by atoms with Crippen molar-refractivity contribution in [1.29, 1.82) is 0 Å². The highest BCUT2D eigenvalue weighted by molar-refractivity contribution is 5.51. The van der Waals surface area contributed by atoms with Crippen LogP contribution < -0.4 is 10.5 Å². The number of nitrogens with one attached hydrogen (secondary N) is 1. The fraction of sp³-hybridized carbons (Fsp3) is 0.423. The number of anilines is 1. The molecule has 1 aliphatic heterocycles. The van der Waals surface area contributed by atoms with Crippen molar-refractivity contribution in [2.45, 2.75) is 26.0 Å². The number of ether oxygens (including phenoxy) is 2. The van der Waals surface area contributed by atoms with Crippen LogP contribution in [0, 0.1) is 0 Å². The zero-order chi connectivity index (χ0) is 23.6. The van der Waals surface area contributed by atoms with Gasteiger partial charge in [-0.1, -0.05) is 12.2 Å². The topological polar surface area (TPSA) is 92.8 Å². The molecule has 1 aliphatic rings. The molecule has 2 aromatic heterocycles. The number of nitrogen functional groups attached to an aromatic ring is 1. The van der Waals surface area contributed by atoms with E-state index in [2.05, 4.69) is 33.1 Å². The van der Waals surface area contributed by atoms with Gasteiger partial charge in [0.15, 0.2) is 5.76 Å². The van der Waals surface area contributed by atoms with Crippen LogP contribution in [0.2, 0.25) is 0 Å². The zero-order valence-electron chi connectivity index (χ0n) is 19.9. The van der Waals surface area contributed by atoms with Gasteiger partial charge in [0.05, 0.1) is 6.61 Å². The average molecular weight is 466 g/mol. The minimum absolute atomic E-state index is 0.426. The molecule has 8 nitrogen and oxygen atoms in total. The highest BCUT2D eigenvalue weighted by Gasteiger charge is 2.12. The van der Waals surface area contributed by atoms with Crippen LogP contribution in [-0.2, 0) is 17.9 Å². The predicted octanol–water partition coefficient (Wildman–Crippen LogP) is 3.93. The van der Waals surface area contributed by atoms with Crippen molar-refractivity contribution < 1.29 is 13.9 Å². The van der Waals surface area contributed by atoms with E-state index in [-0.39, 0.29) is 0 Å². The van der Waals surface area contributed by atoms with E-state index < -0.39 is 0 Å². The van der Waals surface area contributed by atoms with E-state index in [0.717, 1.165) is 53.8 Å². The molecule has 3 aromatic rings. The summed E-state index contributed by atoms with van der Waals surface area (Å²) in [5, 5.41) is 6.83. The Morgan fingerprint density at radius 1 is 1.18 bits per heavy atom. The summed E-state index contributed by atoms with van der Waals surface area (Å²) in [5.41, 5.74) is 8.76. The summed E-state index contributed by atoms with van der Waals surface area (Å²) in [6, 6.07) is 11.6. The standard InChI is InChI=1S/C26H35N5O3/c1-30(12-4-5-16-32-20-23-7-9-26(34-23)24-10-11-28-29-24)19-21-18-22(27)6-8-25(21)33-17-15-31-13-2-3-14-31/h4-11,18H,2-3,12-17,19-20,27H2,1H3,(H,28,29)/b5-4+. The summed E-state index contributed by atoms with van der Waals surface area (Å²) in [4.78, 5) is 4.68. The fourth-order valence-corrected chi connectivity index (χ4v) is 4.05. The number of nitrogens with zero attached hydrogens (tertiary/aromatic N) is 3. The van der Waals surface area contributed by atoms with E-state index in [9.17, 15) is 0 Å². The van der Waals surface area contributed by atoms with Crippen LogP contribution in [0.5, 0.6) is 5.75 Å². The molecule has 0 bridgehead atoms. The quantitative estimate of drug-likeness (QED) is 0.224. The summed E-state index contributed by atoms with van der Waals surface area (Å²) in [7, 11) is 2.09. The highest BCUT2D eigenvalue weighted by atomic mass is 16.5. The minimum Gasteiger partial charge on any atom is -0.492 e. The second-order valence-electron chi connectivity index (χ2n) is 8.68. The molecule has 0 radical (unpaired) electrons. The van der Waals surface area contributed by atoms with Gasteiger partial charge in [-0.3, -0.25) is 14.9 Å². The molecule has 0 unspecified atom stereocenters. The third kappa shape index (κ3) is 7.21. The van der Waals surface area contributed by atoms with Gasteiger partial charge in [0.25, 0.3) is 0 Å². The predicted molar refractivity (Wildman–Crippen MR) is 133 cm³/mol. The number of hydrogen-bond donors (Lipinski definition) is 2. The average Bonchev–Trinajstić information content (AvgIpc) is 3.60. The van der Waals surface area contributed by atoms with Crippen molar-refractivity contribution in [3.63, 3.8) is 0 Å². The smallest absolute Gasteiger partial charge is 0.152 e. The number of aromatic nitrogens is 2. The molecule has 8 heteroatoms. The largest absolute Gasteiger partial charge is 0.492 e. The van der Waals surface area contributed by atoms with Crippen LogP contribution in [0.25, 0.3) is 11.5 Å². The van der Waals surface area contributed by atoms with Crippen molar-refractivity contribution in [2.75, 3.05) is 52.2 Å². The molecule has 0 atom stereocenters. The lowest BCUT2D eigenvalue weighted by molar-refractivity contribution is 0.132. The van der Waals surface area contributed by atoms with E-state index in [4.69, 9.17) is 19.6 Å². The molecule has 3 heterocycles. The van der Waals surface area contributed by atoms with Crippen molar-refractivity contribution in [3.8, 4) is 17.2 Å². The van der Waals surface area contributed by atoms with Gasteiger partial charge in [0.1, 0.15) is 30.4 Å². The number of aromatic amines is 1. The summed E-state index contributed by atoms with van der Waals surface area (Å²) >= 11 is 0. The monoisotopic (exact) mass is 465 g/mol. The van der Waals surface area contributed by atoms with Crippen molar-refractivity contribution in [2.24, 2.45) is 0 Å². The molecule has 1 aromatic carbocycles. The van der Waals surface area contributed by atoms with Gasteiger partial charge in [-0.2, -0.15) is 5.10 Å². The molecule has 0 amide bonds. The number of likely N-dealkylation sites (N-methyl/N-ethyl adjacent to an activating group) is 1. The first kappa shape index (κ1) is 24.1. The first-order chi connectivity index (χ1) is 16.7. The molecule has 34 heavy (non-hydrogen) atoms. The fourth-order valence-electron chi connectivity index (χ4n) is 4.05. The van der Waals surface area contributed by atoms with Crippen LogP contribution in [0.4, 0.5) is 5.69 Å². The van der Waals surface area contributed by atoms with Gasteiger partial charge in [-0.05, 0) is 69.4 Å². The third-order valence-electron chi connectivity index (χ3n) is 5.86. The normalized spacial score (nSPS) is 14.5. The lowest BCUT2D eigenvalue weighted by Crippen LogP contribution is -2.25. The molecule has 1 fully saturated rings. The number of likely N-dealkylation sites (tertiary alicyclic amines) is 1. The molecule has 4 rings (SSSR count). The van der Waals surface area contributed by atoms with Crippen LogP contribution in [0.1, 0.15) is 24.2 Å². The molecule has 0 saturated carbocycles. The van der Waals surface area contributed by atoms with Gasteiger partial charge in [-0.25, -0.2) is 0 Å². The number of benzene rings is 1. The Balaban J connectivity index is 1.17. The van der Waals surface area contributed by atoms with Crippen molar-refractivity contribution in [3.05, 3.63) is 66.1 Å². The minimum atomic E-state index is 0.426. The Morgan fingerprint density at radius 3 is 2.88 bits per heavy atom. The second kappa shape index (κ2) is 12.4. The molecular weight excluding hydrogens is 430 g/mol. The molecular formula is C26H35N5O3. The second-order valence-corrected chi connectivity index (χ2v) is 8.68. The van der Waals surface area contributed by atoms with Gasteiger partial charge >= 0.3 is 0 Å². The summed E-state index contributed by atoms with van der Waals surface area (Å²) in [6.45, 7) is 6.57. The number of furan rings is 1. The van der Waals surface area contributed by atoms with E-state index in [1.807, 2.05) is 42.5 Å². The maximum atomic E-state index is 6.10. The number of nitrogens with two attached hydrogens (primary N) is 1. The summed E-state index contributed by atoms with van der Waals surface area (Å²) < 4.78 is 17.6. The van der Waals surface area contributed by atoms with E-state index in [1.54, 1.807) is 6.20 Å². The van der Waals surface area contributed by atoms with E-state index in [1.165, 1.54) is 25.9 Å². The van der Waals surface area contributed by atoms with Crippen LogP contribution in [-0.4, -0.2) is 66.4 Å². The number of hydrogen-bond acceptors (Lipinski definition) is 7. The number of rotatable bonds is 13. The zero-order valence-corrected chi connectivity index (χ0v) is 19.9. The highest BCUT2D eigenvalue weighted by Crippen LogP contribution is 2.23. The number of H-pyrrole nitrogens is 1. The maximum Gasteiger partial charge on any atom is 0.152 e. The SMILES string of the molecule is CN(C/C=C/COCc1ccc(-c2ccn[nH]2)o1)Cc1cc(N)ccc1OCCN1CCCC1. The first-order valence-corrected chi connectivity index (χ1v) is 11.9. The Morgan fingerprint density at radius 2 is 2.06 bits per heavy atom. The molecule has 182 valence electrons. The van der Waals surface area contributed by atoms with Crippen LogP contribution in [0.15, 0.2) is 59.2 Å². The molecule has 1 saturated heterocycles.